The third kappa shape index (κ3) is 2.40. The van der Waals surface area contributed by atoms with Crippen LogP contribution in [0.5, 0.6) is 0 Å². The number of benzene rings is 1. The lowest BCUT2D eigenvalue weighted by atomic mass is 9.76. The van der Waals surface area contributed by atoms with Crippen LogP contribution in [-0.2, 0) is 0 Å². The molecular formula is C16H25N. The summed E-state index contributed by atoms with van der Waals surface area (Å²) in [5.41, 5.74) is 4.72. The van der Waals surface area contributed by atoms with E-state index in [0.29, 0.717) is 11.5 Å². The van der Waals surface area contributed by atoms with E-state index in [9.17, 15) is 0 Å². The molecule has 1 nitrogen and oxygen atoms in total. The molecule has 1 heteroatoms. The molecule has 0 saturated heterocycles. The quantitative estimate of drug-likeness (QED) is 0.824. The fraction of sp³-hybridized carbons (Fsp3) is 0.625. The molecule has 0 amide bonds. The van der Waals surface area contributed by atoms with Gasteiger partial charge in [0.2, 0.25) is 0 Å². The monoisotopic (exact) mass is 231 g/mol. The Morgan fingerprint density at radius 3 is 2.41 bits per heavy atom. The van der Waals surface area contributed by atoms with Crippen LogP contribution < -0.4 is 5.32 Å². The molecule has 1 atom stereocenters. The van der Waals surface area contributed by atoms with Gasteiger partial charge in [-0.2, -0.15) is 0 Å². The average molecular weight is 231 g/mol. The SMILES string of the molecule is CNC(c1cc(C)ccc1C)C1(C)CCCC1. The smallest absolute Gasteiger partial charge is 0.0374 e. The summed E-state index contributed by atoms with van der Waals surface area (Å²) in [7, 11) is 2.11. The van der Waals surface area contributed by atoms with E-state index in [4.69, 9.17) is 0 Å². The zero-order valence-electron chi connectivity index (χ0n) is 11.6. The summed E-state index contributed by atoms with van der Waals surface area (Å²) in [6.07, 6.45) is 5.48. The Balaban J connectivity index is 2.37. The molecule has 1 fully saturated rings. The van der Waals surface area contributed by atoms with Crippen LogP contribution >= 0.6 is 0 Å². The number of hydrogen-bond donors (Lipinski definition) is 1. The van der Waals surface area contributed by atoms with Crippen LogP contribution in [0.3, 0.4) is 0 Å². The fourth-order valence-electron chi connectivity index (χ4n) is 3.42. The first-order chi connectivity index (χ1) is 8.07. The van der Waals surface area contributed by atoms with Crippen LogP contribution in [0, 0.1) is 19.3 Å². The van der Waals surface area contributed by atoms with Crippen LogP contribution in [0.4, 0.5) is 0 Å². The number of rotatable bonds is 3. The molecular weight excluding hydrogens is 206 g/mol. The summed E-state index contributed by atoms with van der Waals surface area (Å²) in [5, 5.41) is 3.57. The van der Waals surface area contributed by atoms with Crippen molar-refractivity contribution in [3.63, 3.8) is 0 Å². The Morgan fingerprint density at radius 2 is 1.82 bits per heavy atom. The largest absolute Gasteiger partial charge is 0.313 e. The van der Waals surface area contributed by atoms with Crippen molar-refractivity contribution in [1.29, 1.82) is 0 Å². The van der Waals surface area contributed by atoms with Gasteiger partial charge >= 0.3 is 0 Å². The Hall–Kier alpha value is -0.820. The highest BCUT2D eigenvalue weighted by molar-refractivity contribution is 5.34. The standard InChI is InChI=1S/C16H25N/c1-12-7-8-13(2)14(11-12)15(17-4)16(3)9-5-6-10-16/h7-8,11,15,17H,5-6,9-10H2,1-4H3. The van der Waals surface area contributed by atoms with Gasteiger partial charge in [0.15, 0.2) is 0 Å². The molecule has 1 aromatic rings. The molecule has 0 radical (unpaired) electrons. The third-order valence-electron chi connectivity index (χ3n) is 4.48. The van der Waals surface area contributed by atoms with Crippen LogP contribution in [0.15, 0.2) is 18.2 Å². The van der Waals surface area contributed by atoms with Gasteiger partial charge in [0.1, 0.15) is 0 Å². The maximum atomic E-state index is 3.57. The second-order valence-electron chi connectivity index (χ2n) is 5.94. The Kier molecular flexibility index (Phi) is 3.58. The molecule has 1 aromatic carbocycles. The lowest BCUT2D eigenvalue weighted by Crippen LogP contribution is -2.32. The Morgan fingerprint density at radius 1 is 1.18 bits per heavy atom. The van der Waals surface area contributed by atoms with E-state index in [0.717, 1.165) is 0 Å². The predicted octanol–water partition coefficient (Wildman–Crippen LogP) is 4.14. The van der Waals surface area contributed by atoms with Gasteiger partial charge in [-0.1, -0.05) is 43.5 Å². The normalized spacial score (nSPS) is 20.5. The molecule has 1 saturated carbocycles. The Bertz CT molecular complexity index is 389. The van der Waals surface area contributed by atoms with Crippen LogP contribution in [0.2, 0.25) is 0 Å². The molecule has 1 unspecified atom stereocenters. The van der Waals surface area contributed by atoms with E-state index in [1.807, 2.05) is 0 Å². The van der Waals surface area contributed by atoms with Gasteiger partial charge in [-0.05, 0) is 50.3 Å². The van der Waals surface area contributed by atoms with Gasteiger partial charge in [0, 0.05) is 6.04 Å². The molecule has 0 bridgehead atoms. The van der Waals surface area contributed by atoms with Gasteiger partial charge in [-0.25, -0.2) is 0 Å². The lowest BCUT2D eigenvalue weighted by Gasteiger charge is -2.35. The van der Waals surface area contributed by atoms with Gasteiger partial charge in [-0.15, -0.1) is 0 Å². The van der Waals surface area contributed by atoms with Gasteiger partial charge < -0.3 is 5.32 Å². The molecule has 1 aliphatic carbocycles. The van der Waals surface area contributed by atoms with E-state index in [1.54, 1.807) is 0 Å². The zero-order valence-corrected chi connectivity index (χ0v) is 11.6. The maximum Gasteiger partial charge on any atom is 0.0374 e. The van der Waals surface area contributed by atoms with Crippen molar-refractivity contribution in [1.82, 2.24) is 5.32 Å². The van der Waals surface area contributed by atoms with Crippen molar-refractivity contribution < 1.29 is 0 Å². The van der Waals surface area contributed by atoms with E-state index in [2.05, 4.69) is 51.3 Å². The summed E-state index contributed by atoms with van der Waals surface area (Å²) in [5.74, 6) is 0. The van der Waals surface area contributed by atoms with Crippen molar-refractivity contribution in [3.05, 3.63) is 34.9 Å². The average Bonchev–Trinajstić information content (AvgIpc) is 2.72. The minimum Gasteiger partial charge on any atom is -0.313 e. The molecule has 0 spiro atoms. The Labute approximate surface area is 106 Å². The molecule has 1 N–H and O–H groups in total. The van der Waals surface area contributed by atoms with E-state index in [1.165, 1.54) is 42.4 Å². The van der Waals surface area contributed by atoms with E-state index >= 15 is 0 Å². The topological polar surface area (TPSA) is 12.0 Å². The first-order valence-corrected chi connectivity index (χ1v) is 6.81. The highest BCUT2D eigenvalue weighted by Gasteiger charge is 2.37. The second-order valence-corrected chi connectivity index (χ2v) is 5.94. The number of nitrogens with one attached hydrogen (secondary N) is 1. The molecule has 1 aliphatic rings. The van der Waals surface area contributed by atoms with E-state index < -0.39 is 0 Å². The van der Waals surface area contributed by atoms with Crippen molar-refractivity contribution in [2.75, 3.05) is 7.05 Å². The minimum absolute atomic E-state index is 0.438. The molecule has 0 aliphatic heterocycles. The second kappa shape index (κ2) is 4.81. The lowest BCUT2D eigenvalue weighted by molar-refractivity contribution is 0.233. The predicted molar refractivity (Wildman–Crippen MR) is 74.3 cm³/mol. The molecule has 94 valence electrons. The summed E-state index contributed by atoms with van der Waals surface area (Å²) < 4.78 is 0. The summed E-state index contributed by atoms with van der Waals surface area (Å²) in [4.78, 5) is 0. The van der Waals surface area contributed by atoms with Crippen molar-refractivity contribution in [2.45, 2.75) is 52.5 Å². The molecule has 0 aromatic heterocycles. The fourth-order valence-corrected chi connectivity index (χ4v) is 3.42. The summed E-state index contributed by atoms with van der Waals surface area (Å²) in [6.45, 7) is 6.87. The first kappa shape index (κ1) is 12.6. The number of hydrogen-bond acceptors (Lipinski definition) is 1. The van der Waals surface area contributed by atoms with Crippen LogP contribution in [-0.4, -0.2) is 7.05 Å². The highest BCUT2D eigenvalue weighted by atomic mass is 14.9. The summed E-state index contributed by atoms with van der Waals surface area (Å²) in [6, 6.07) is 7.33. The maximum absolute atomic E-state index is 3.57. The van der Waals surface area contributed by atoms with Crippen LogP contribution in [0.1, 0.15) is 55.3 Å². The third-order valence-corrected chi connectivity index (χ3v) is 4.48. The number of aryl methyl sites for hydroxylation is 2. The van der Waals surface area contributed by atoms with Gasteiger partial charge in [0.05, 0.1) is 0 Å². The van der Waals surface area contributed by atoms with Crippen molar-refractivity contribution in [2.24, 2.45) is 5.41 Å². The minimum atomic E-state index is 0.438. The van der Waals surface area contributed by atoms with Crippen LogP contribution in [0.25, 0.3) is 0 Å². The highest BCUT2D eigenvalue weighted by Crippen LogP contribution is 2.47. The van der Waals surface area contributed by atoms with E-state index in [-0.39, 0.29) is 0 Å². The van der Waals surface area contributed by atoms with Crippen molar-refractivity contribution in [3.8, 4) is 0 Å². The molecule has 17 heavy (non-hydrogen) atoms. The van der Waals surface area contributed by atoms with Crippen molar-refractivity contribution >= 4 is 0 Å². The van der Waals surface area contributed by atoms with Gasteiger partial charge in [-0.3, -0.25) is 0 Å². The zero-order chi connectivity index (χ0) is 12.5. The first-order valence-electron chi connectivity index (χ1n) is 6.81. The van der Waals surface area contributed by atoms with Gasteiger partial charge in [0.25, 0.3) is 0 Å². The molecule has 2 rings (SSSR count). The molecule has 0 heterocycles. The summed E-state index contributed by atoms with van der Waals surface area (Å²) >= 11 is 0.